The van der Waals surface area contributed by atoms with Crippen LogP contribution in [0.2, 0.25) is 0 Å². The Kier molecular flexibility index (Phi) is 5.11. The van der Waals surface area contributed by atoms with E-state index in [1.807, 2.05) is 18.2 Å². The molecule has 2 aliphatic heterocycles. The molecule has 166 valence electrons. The van der Waals surface area contributed by atoms with E-state index in [9.17, 15) is 4.79 Å². The van der Waals surface area contributed by atoms with Gasteiger partial charge in [-0.1, -0.05) is 36.8 Å². The minimum absolute atomic E-state index is 0.0656. The van der Waals surface area contributed by atoms with Gasteiger partial charge in [0.05, 0.1) is 5.39 Å². The van der Waals surface area contributed by atoms with E-state index in [0.29, 0.717) is 23.0 Å². The van der Waals surface area contributed by atoms with Crippen molar-refractivity contribution in [3.63, 3.8) is 0 Å². The number of hydrogen-bond donors (Lipinski definition) is 2. The van der Waals surface area contributed by atoms with Crippen molar-refractivity contribution in [1.29, 1.82) is 0 Å². The lowest BCUT2D eigenvalue weighted by Gasteiger charge is -2.42. The zero-order valence-corrected chi connectivity index (χ0v) is 19.2. The van der Waals surface area contributed by atoms with E-state index in [2.05, 4.69) is 32.7 Å². The number of fused-ring (bicyclic) bond motifs is 3. The maximum atomic E-state index is 12.8. The molecule has 0 radical (unpaired) electrons. The summed E-state index contributed by atoms with van der Waals surface area (Å²) >= 11 is 1.47. The van der Waals surface area contributed by atoms with Gasteiger partial charge in [-0.05, 0) is 44.1 Å². The number of benzene rings is 1. The SMILES string of the molecule is CNC(=O)c1sc2ncnc(N3C4CCC3CC(NC3CCC3)C4)c2c1-c1ccccc1. The Hall–Kier alpha value is -2.51. The Bertz CT molecular complexity index is 1130. The summed E-state index contributed by atoms with van der Waals surface area (Å²) in [4.78, 5) is 26.4. The van der Waals surface area contributed by atoms with Gasteiger partial charge in [-0.15, -0.1) is 11.3 Å². The number of carbonyl (C=O) groups is 1. The van der Waals surface area contributed by atoms with Gasteiger partial charge in [-0.3, -0.25) is 4.79 Å². The first-order valence-electron chi connectivity index (χ1n) is 11.8. The average Bonchev–Trinajstić information content (AvgIpc) is 3.31. The van der Waals surface area contributed by atoms with Gasteiger partial charge in [0.2, 0.25) is 0 Å². The molecule has 3 aromatic rings. The lowest BCUT2D eigenvalue weighted by Crippen LogP contribution is -2.52. The summed E-state index contributed by atoms with van der Waals surface area (Å²) in [6, 6.07) is 12.6. The summed E-state index contributed by atoms with van der Waals surface area (Å²) in [5.74, 6) is 0.944. The number of anilines is 1. The van der Waals surface area contributed by atoms with Crippen molar-refractivity contribution in [3.8, 4) is 11.1 Å². The van der Waals surface area contributed by atoms with Crippen LogP contribution < -0.4 is 15.5 Å². The van der Waals surface area contributed by atoms with Gasteiger partial charge in [0.25, 0.3) is 5.91 Å². The summed E-state index contributed by atoms with van der Waals surface area (Å²) in [6.07, 6.45) is 10.5. The van der Waals surface area contributed by atoms with Crippen LogP contribution in [0.4, 0.5) is 5.82 Å². The van der Waals surface area contributed by atoms with Crippen LogP contribution in [-0.2, 0) is 0 Å². The summed E-state index contributed by atoms with van der Waals surface area (Å²) < 4.78 is 0. The van der Waals surface area contributed by atoms with Crippen LogP contribution in [0.1, 0.15) is 54.6 Å². The first kappa shape index (κ1) is 20.1. The lowest BCUT2D eigenvalue weighted by molar-refractivity contribution is 0.0967. The quantitative estimate of drug-likeness (QED) is 0.608. The number of nitrogens with zero attached hydrogens (tertiary/aromatic N) is 3. The normalized spacial score (nSPS) is 25.2. The predicted molar refractivity (Wildman–Crippen MR) is 129 cm³/mol. The molecule has 1 saturated carbocycles. The molecule has 2 N–H and O–H groups in total. The minimum atomic E-state index is -0.0656. The van der Waals surface area contributed by atoms with E-state index in [1.54, 1.807) is 13.4 Å². The van der Waals surface area contributed by atoms with Crippen molar-refractivity contribution in [1.82, 2.24) is 20.6 Å². The highest BCUT2D eigenvalue weighted by atomic mass is 32.1. The highest BCUT2D eigenvalue weighted by Crippen LogP contribution is 2.46. The van der Waals surface area contributed by atoms with Crippen LogP contribution >= 0.6 is 11.3 Å². The van der Waals surface area contributed by atoms with Crippen molar-refractivity contribution in [3.05, 3.63) is 41.5 Å². The van der Waals surface area contributed by atoms with Gasteiger partial charge in [-0.2, -0.15) is 0 Å². The molecule has 4 heterocycles. The number of rotatable bonds is 5. The second-order valence-electron chi connectivity index (χ2n) is 9.38. The van der Waals surface area contributed by atoms with Gasteiger partial charge in [0.15, 0.2) is 0 Å². The highest BCUT2D eigenvalue weighted by Gasteiger charge is 2.43. The van der Waals surface area contributed by atoms with E-state index in [0.717, 1.165) is 33.2 Å². The third-order valence-electron chi connectivity index (χ3n) is 7.52. The van der Waals surface area contributed by atoms with Crippen LogP contribution in [0.5, 0.6) is 0 Å². The number of hydrogen-bond acceptors (Lipinski definition) is 6. The topological polar surface area (TPSA) is 70.2 Å². The number of nitrogens with one attached hydrogen (secondary N) is 2. The number of aromatic nitrogens is 2. The van der Waals surface area contributed by atoms with Crippen molar-refractivity contribution < 1.29 is 4.79 Å². The Balaban J connectivity index is 1.44. The molecule has 0 spiro atoms. The molecule has 3 aliphatic rings. The van der Waals surface area contributed by atoms with Crippen molar-refractivity contribution in [2.45, 2.75) is 69.1 Å². The maximum Gasteiger partial charge on any atom is 0.261 e. The molecular weight excluding hydrogens is 418 g/mol. The standard InChI is InChI=1S/C25H29N5OS/c1-26-24(31)22-20(15-6-3-2-4-7-15)21-23(27-14-28-25(21)32-22)30-18-10-11-19(30)13-17(12-18)29-16-8-5-9-16/h2-4,6-7,14,16-19,29H,5,8-13H2,1H3,(H,26,31). The highest BCUT2D eigenvalue weighted by molar-refractivity contribution is 7.21. The van der Waals surface area contributed by atoms with Crippen molar-refractivity contribution >= 4 is 33.3 Å². The molecule has 2 saturated heterocycles. The van der Waals surface area contributed by atoms with Gasteiger partial charge < -0.3 is 15.5 Å². The Morgan fingerprint density at radius 1 is 1.03 bits per heavy atom. The summed E-state index contributed by atoms with van der Waals surface area (Å²) in [6.45, 7) is 0. The fourth-order valence-electron chi connectivity index (χ4n) is 5.83. The molecule has 7 heteroatoms. The molecule has 6 nitrogen and oxygen atoms in total. The third kappa shape index (κ3) is 3.30. The van der Waals surface area contributed by atoms with Gasteiger partial charge in [0.1, 0.15) is 21.9 Å². The van der Waals surface area contributed by atoms with E-state index in [-0.39, 0.29) is 5.91 Å². The van der Waals surface area contributed by atoms with Crippen LogP contribution in [0.25, 0.3) is 21.3 Å². The molecule has 1 aromatic carbocycles. The smallest absolute Gasteiger partial charge is 0.261 e. The van der Waals surface area contributed by atoms with Gasteiger partial charge in [-0.25, -0.2) is 9.97 Å². The fourth-order valence-corrected chi connectivity index (χ4v) is 6.94. The zero-order valence-electron chi connectivity index (χ0n) is 18.4. The molecule has 2 bridgehead atoms. The molecule has 2 atom stereocenters. The molecule has 1 amide bonds. The largest absolute Gasteiger partial charge is 0.354 e. The Morgan fingerprint density at radius 2 is 1.78 bits per heavy atom. The predicted octanol–water partition coefficient (Wildman–Crippen LogP) is 4.36. The monoisotopic (exact) mass is 447 g/mol. The third-order valence-corrected chi connectivity index (χ3v) is 8.61. The summed E-state index contributed by atoms with van der Waals surface area (Å²) in [7, 11) is 1.69. The molecular formula is C25H29N5OS. The second-order valence-corrected chi connectivity index (χ2v) is 10.4. The molecule has 32 heavy (non-hydrogen) atoms. The molecule has 1 aliphatic carbocycles. The Labute approximate surface area is 192 Å². The first-order chi connectivity index (χ1) is 15.7. The maximum absolute atomic E-state index is 12.8. The van der Waals surface area contributed by atoms with Crippen molar-refractivity contribution in [2.75, 3.05) is 11.9 Å². The summed E-state index contributed by atoms with van der Waals surface area (Å²) in [5, 5.41) is 7.77. The summed E-state index contributed by atoms with van der Waals surface area (Å²) in [5.41, 5.74) is 2.01. The zero-order chi connectivity index (χ0) is 21.7. The second kappa shape index (κ2) is 8.12. The van der Waals surface area contributed by atoms with Crippen LogP contribution in [0.3, 0.4) is 0 Å². The van der Waals surface area contributed by atoms with Crippen LogP contribution in [-0.4, -0.2) is 47.1 Å². The van der Waals surface area contributed by atoms with E-state index in [4.69, 9.17) is 4.98 Å². The number of piperidine rings is 1. The van der Waals surface area contributed by atoms with Crippen LogP contribution in [0, 0.1) is 0 Å². The number of thiophene rings is 1. The number of amides is 1. The van der Waals surface area contributed by atoms with E-state index >= 15 is 0 Å². The molecule has 3 fully saturated rings. The fraction of sp³-hybridized carbons (Fsp3) is 0.480. The lowest BCUT2D eigenvalue weighted by atomic mass is 9.89. The van der Waals surface area contributed by atoms with Gasteiger partial charge >= 0.3 is 0 Å². The van der Waals surface area contributed by atoms with Crippen LogP contribution in [0.15, 0.2) is 36.7 Å². The average molecular weight is 448 g/mol. The van der Waals surface area contributed by atoms with Crippen molar-refractivity contribution in [2.24, 2.45) is 0 Å². The first-order valence-corrected chi connectivity index (χ1v) is 12.6. The minimum Gasteiger partial charge on any atom is -0.354 e. The number of carbonyl (C=O) groups excluding carboxylic acids is 1. The Morgan fingerprint density at radius 3 is 2.44 bits per heavy atom. The molecule has 2 aromatic heterocycles. The van der Waals surface area contributed by atoms with E-state index in [1.165, 1.54) is 56.3 Å². The van der Waals surface area contributed by atoms with E-state index < -0.39 is 0 Å². The molecule has 2 unspecified atom stereocenters. The molecule has 6 rings (SSSR count). The van der Waals surface area contributed by atoms with Gasteiger partial charge in [0, 0.05) is 36.8 Å².